The summed E-state index contributed by atoms with van der Waals surface area (Å²) < 4.78 is 31.6. The molecule has 0 radical (unpaired) electrons. The Balaban J connectivity index is -0.0000000383. The number of hydrogen-bond donors (Lipinski definition) is 2. The van der Waals surface area contributed by atoms with Gasteiger partial charge in [0, 0.05) is 26.2 Å². The van der Waals surface area contributed by atoms with Crippen LogP contribution in [0.4, 0.5) is 0 Å². The van der Waals surface area contributed by atoms with E-state index in [1.165, 1.54) is 0 Å². The minimum Gasteiger partial charge on any atom is -0.356 e. The first-order valence-electron chi connectivity index (χ1n) is 1.25. The summed E-state index contributed by atoms with van der Waals surface area (Å²) in [7, 11) is -4.67. The van der Waals surface area contributed by atoms with Gasteiger partial charge in [-0.05, 0) is 0 Å². The van der Waals surface area contributed by atoms with Crippen molar-refractivity contribution < 1.29 is 75.0 Å². The molecule has 0 saturated carbocycles. The largest absolute Gasteiger partial charge is 4.00 e. The van der Waals surface area contributed by atoms with Crippen molar-refractivity contribution >= 4 is 10.4 Å². The third kappa shape index (κ3) is 1210. The van der Waals surface area contributed by atoms with Gasteiger partial charge in [-0.25, -0.2) is 0 Å². The van der Waals surface area contributed by atoms with Gasteiger partial charge in [-0.3, -0.25) is 9.11 Å². The first-order chi connectivity index (χ1) is 3.73. The molecule has 0 saturated heterocycles. The molecule has 0 unspecified atom stereocenters. The third-order valence-electron chi connectivity index (χ3n) is 0. The van der Waals surface area contributed by atoms with Crippen molar-refractivity contribution in [3.63, 3.8) is 0 Å². The first kappa shape index (κ1) is 22.6. The van der Waals surface area contributed by atoms with Gasteiger partial charge in [0.05, 0.1) is 5.09 Å². The zero-order valence-electron chi connectivity index (χ0n) is 4.79. The molecule has 0 amide bonds. The maximum atomic E-state index is 8.74. The van der Waals surface area contributed by atoms with E-state index in [9.17, 15) is 0 Å². The summed E-state index contributed by atoms with van der Waals surface area (Å²) in [4.78, 5) is 8.25. The molecule has 0 aliphatic heterocycles. The van der Waals surface area contributed by atoms with Crippen molar-refractivity contribution in [1.82, 2.24) is 0 Å². The van der Waals surface area contributed by atoms with Crippen LogP contribution in [0.1, 0.15) is 0 Å². The zero-order valence-corrected chi connectivity index (χ0v) is 10.5. The second-order valence-corrected chi connectivity index (χ2v) is 1.57. The summed E-state index contributed by atoms with van der Waals surface area (Å²) in [6, 6.07) is 0. The summed E-state index contributed by atoms with van der Waals surface area (Å²) >= 11 is 0. The molecule has 11 heteroatoms. The second kappa shape index (κ2) is 10.8. The van der Waals surface area contributed by atoms with E-state index in [2.05, 4.69) is 0 Å². The summed E-state index contributed by atoms with van der Waals surface area (Å²) in [6.07, 6.45) is 0. The van der Waals surface area contributed by atoms with Crippen LogP contribution in [0.5, 0.6) is 0 Å². The van der Waals surface area contributed by atoms with Gasteiger partial charge in [0.15, 0.2) is 0 Å². The smallest absolute Gasteiger partial charge is 0.356 e. The third-order valence-corrected chi connectivity index (χ3v) is 0. The van der Waals surface area contributed by atoms with Crippen LogP contribution in [-0.4, -0.2) is 22.6 Å². The van der Waals surface area contributed by atoms with Crippen LogP contribution in [0.2, 0.25) is 0 Å². The van der Waals surface area contributed by atoms with E-state index in [1.807, 2.05) is 0 Å². The maximum Gasteiger partial charge on any atom is 4.00 e. The Kier molecular flexibility index (Phi) is 22.3. The number of hydrogen-bond acceptors (Lipinski definition) is 5. The second-order valence-electron chi connectivity index (χ2n) is 0.671. The Bertz CT molecular complexity index is 159. The summed E-state index contributed by atoms with van der Waals surface area (Å²) in [5.74, 6) is 0. The molecule has 0 aromatic heterocycles. The zero-order chi connectivity index (χ0) is 8.08. The minimum atomic E-state index is -4.67. The molecule has 8 nitrogen and oxygen atoms in total. The first-order valence-corrected chi connectivity index (χ1v) is 2.64. The van der Waals surface area contributed by atoms with E-state index in [1.54, 1.807) is 0 Å². The van der Waals surface area contributed by atoms with Gasteiger partial charge in [0.2, 0.25) is 0 Å². The molecular weight excluding hydrogens is 341 g/mol. The van der Waals surface area contributed by atoms with Crippen LogP contribution < -0.4 is 0 Å². The standard InChI is InChI=1S/NO3.H2O4S.2Zr/c2-1(3)4;1-5(2,3)4;;/h;(H2,1,2,3,4);;/q-1;;;+4. The minimum absolute atomic E-state index is 0. The molecule has 2 N–H and O–H groups in total. The molecule has 0 heterocycles. The SMILES string of the molecule is O=S(=O)(O)O.O=[N+]([O-])[O-].[Zr+4].[Zr]. The molecule has 0 atom stereocenters. The van der Waals surface area contributed by atoms with Crippen LogP contribution >= 0.6 is 0 Å². The predicted molar refractivity (Wildman–Crippen MR) is 24.5 cm³/mol. The molecule has 0 aromatic rings. The quantitative estimate of drug-likeness (QED) is 0.330. The Labute approximate surface area is 99.9 Å². The van der Waals surface area contributed by atoms with Crippen LogP contribution in [0.3, 0.4) is 0 Å². The van der Waals surface area contributed by atoms with Gasteiger partial charge in [0.25, 0.3) is 0 Å². The van der Waals surface area contributed by atoms with Gasteiger partial charge >= 0.3 is 36.6 Å². The Morgan fingerprint density at radius 1 is 1.18 bits per heavy atom. The van der Waals surface area contributed by atoms with Crippen LogP contribution in [0.15, 0.2) is 0 Å². The van der Waals surface area contributed by atoms with Crippen LogP contribution in [0.25, 0.3) is 0 Å². The topological polar surface area (TPSA) is 141 Å². The predicted octanol–water partition coefficient (Wildman–Crippen LogP) is -0.897. The van der Waals surface area contributed by atoms with Gasteiger partial charge in [-0.15, -0.1) is 0 Å². The fourth-order valence-electron chi connectivity index (χ4n) is 0. The van der Waals surface area contributed by atoms with E-state index in [0.717, 1.165) is 0 Å². The molecule has 60 valence electrons. The van der Waals surface area contributed by atoms with Crippen LogP contribution in [0, 0.1) is 15.3 Å². The summed E-state index contributed by atoms with van der Waals surface area (Å²) in [6.45, 7) is 0. The van der Waals surface area contributed by atoms with Gasteiger partial charge in [-0.2, -0.15) is 8.42 Å². The van der Waals surface area contributed by atoms with E-state index in [4.69, 9.17) is 32.8 Å². The molecule has 11 heavy (non-hydrogen) atoms. The molecule has 0 fully saturated rings. The number of rotatable bonds is 0. The Morgan fingerprint density at radius 2 is 1.18 bits per heavy atom. The molecule has 0 aliphatic rings. The molecule has 0 bridgehead atoms. The van der Waals surface area contributed by atoms with E-state index < -0.39 is 15.5 Å². The average molecular weight is 343 g/mol. The Morgan fingerprint density at radius 3 is 1.18 bits per heavy atom. The Hall–Kier alpha value is 0.836. The van der Waals surface area contributed by atoms with Crippen molar-refractivity contribution in [2.45, 2.75) is 0 Å². The van der Waals surface area contributed by atoms with Crippen molar-refractivity contribution in [2.75, 3.05) is 0 Å². The normalized spacial score (nSPS) is 7.45. The average Bonchev–Trinajstić information content (AvgIpc) is 1.19. The molecule has 0 spiro atoms. The van der Waals surface area contributed by atoms with E-state index in [0.29, 0.717) is 0 Å². The van der Waals surface area contributed by atoms with Crippen molar-refractivity contribution in [2.24, 2.45) is 0 Å². The molecule has 0 aromatic carbocycles. The van der Waals surface area contributed by atoms with Crippen molar-refractivity contribution in [3.05, 3.63) is 15.3 Å². The molecule has 0 rings (SSSR count). The van der Waals surface area contributed by atoms with Gasteiger partial charge < -0.3 is 15.3 Å². The monoisotopic (exact) mass is 340 g/mol. The summed E-state index contributed by atoms with van der Waals surface area (Å²) in [5, 5.41) is 14.8. The van der Waals surface area contributed by atoms with Crippen molar-refractivity contribution in [1.29, 1.82) is 0 Å². The fourth-order valence-corrected chi connectivity index (χ4v) is 0. The van der Waals surface area contributed by atoms with Crippen molar-refractivity contribution in [3.8, 4) is 0 Å². The van der Waals surface area contributed by atoms with Gasteiger partial charge in [0.1, 0.15) is 0 Å². The molecular formula is H2NO7SZr2+3. The molecule has 0 aliphatic carbocycles. The number of nitrogens with zero attached hydrogens (tertiary/aromatic N) is 1. The van der Waals surface area contributed by atoms with Crippen LogP contribution in [-0.2, 0) is 62.8 Å². The fraction of sp³-hybridized carbons (Fsp3) is 0. The summed E-state index contributed by atoms with van der Waals surface area (Å²) in [5.41, 5.74) is 0. The van der Waals surface area contributed by atoms with E-state index >= 15 is 0 Å². The van der Waals surface area contributed by atoms with E-state index in [-0.39, 0.29) is 52.4 Å². The maximum absolute atomic E-state index is 8.74. The van der Waals surface area contributed by atoms with Gasteiger partial charge in [-0.1, -0.05) is 0 Å².